The van der Waals surface area contributed by atoms with Crippen molar-refractivity contribution in [3.8, 4) is 10.7 Å². The third kappa shape index (κ3) is 2.03. The van der Waals surface area contributed by atoms with Crippen LogP contribution >= 0.6 is 11.3 Å². The molecule has 1 unspecified atom stereocenters. The number of anilines is 1. The van der Waals surface area contributed by atoms with Gasteiger partial charge in [-0.1, -0.05) is 16.5 Å². The lowest BCUT2D eigenvalue weighted by Crippen LogP contribution is -2.33. The third-order valence-corrected chi connectivity index (χ3v) is 3.99. The molecule has 7 heteroatoms. The zero-order valence-electron chi connectivity index (χ0n) is 9.46. The van der Waals surface area contributed by atoms with Crippen LogP contribution in [0.2, 0.25) is 0 Å². The van der Waals surface area contributed by atoms with Crippen molar-refractivity contribution < 1.29 is 4.52 Å². The molecule has 6 nitrogen and oxygen atoms in total. The summed E-state index contributed by atoms with van der Waals surface area (Å²) in [4.78, 5) is 2.18. The fourth-order valence-electron chi connectivity index (χ4n) is 1.91. The van der Waals surface area contributed by atoms with Crippen LogP contribution in [0, 0.1) is 0 Å². The lowest BCUT2D eigenvalue weighted by molar-refractivity contribution is 0.422. The van der Waals surface area contributed by atoms with E-state index in [0.717, 1.165) is 35.3 Å². The predicted octanol–water partition coefficient (Wildman–Crippen LogP) is 0.991. The van der Waals surface area contributed by atoms with Crippen LogP contribution in [0.15, 0.2) is 16.9 Å². The molecule has 2 aromatic heterocycles. The van der Waals surface area contributed by atoms with Crippen molar-refractivity contribution in [2.75, 3.05) is 25.0 Å². The van der Waals surface area contributed by atoms with E-state index in [9.17, 15) is 0 Å². The molecular weight excluding hydrogens is 238 g/mol. The van der Waals surface area contributed by atoms with Gasteiger partial charge in [-0.2, -0.15) is 0 Å². The molecule has 1 fully saturated rings. The lowest BCUT2D eigenvalue weighted by Gasteiger charge is -2.21. The topological polar surface area (TPSA) is 67.1 Å². The van der Waals surface area contributed by atoms with Crippen LogP contribution < -0.4 is 10.2 Å². The average molecular weight is 251 g/mol. The number of hydrogen-bond acceptors (Lipinski definition) is 7. The first-order chi connectivity index (χ1) is 8.34. The van der Waals surface area contributed by atoms with Gasteiger partial charge < -0.3 is 14.7 Å². The molecule has 1 saturated heterocycles. The first-order valence-electron chi connectivity index (χ1n) is 5.52. The summed E-state index contributed by atoms with van der Waals surface area (Å²) in [6, 6.07) is 2.30. The summed E-state index contributed by atoms with van der Waals surface area (Å²) >= 11 is 1.54. The number of aromatic nitrogens is 3. The molecule has 1 aliphatic rings. The van der Waals surface area contributed by atoms with Gasteiger partial charge >= 0.3 is 0 Å². The molecule has 1 N–H and O–H groups in total. The second-order valence-corrected chi connectivity index (χ2v) is 4.99. The molecule has 2 aromatic rings. The maximum Gasteiger partial charge on any atom is 0.208 e. The summed E-state index contributed by atoms with van der Waals surface area (Å²) in [5.41, 5.74) is 0.742. The largest absolute Gasteiger partial charge is 0.364 e. The Morgan fingerprint density at radius 1 is 1.53 bits per heavy atom. The van der Waals surface area contributed by atoms with Gasteiger partial charge in [0.1, 0.15) is 12.0 Å². The van der Waals surface area contributed by atoms with Crippen molar-refractivity contribution in [3.63, 3.8) is 0 Å². The highest BCUT2D eigenvalue weighted by atomic mass is 32.1. The third-order valence-electron chi connectivity index (χ3n) is 2.96. The zero-order valence-corrected chi connectivity index (χ0v) is 10.3. The number of nitrogens with one attached hydrogen (secondary N) is 1. The average Bonchev–Trinajstić information content (AvgIpc) is 3.09. The van der Waals surface area contributed by atoms with E-state index in [4.69, 9.17) is 4.52 Å². The second-order valence-electron chi connectivity index (χ2n) is 4.03. The highest BCUT2D eigenvalue weighted by molar-refractivity contribution is 7.18. The number of likely N-dealkylation sites (N-methyl/N-ethyl adjacent to an activating group) is 1. The highest BCUT2D eigenvalue weighted by Crippen LogP contribution is 2.28. The number of rotatable bonds is 3. The Bertz CT molecular complexity index is 477. The molecule has 17 heavy (non-hydrogen) atoms. The van der Waals surface area contributed by atoms with Crippen molar-refractivity contribution in [2.24, 2.45) is 0 Å². The molecule has 1 atom stereocenters. The predicted molar refractivity (Wildman–Crippen MR) is 65.1 cm³/mol. The molecular formula is C10H13N5OS. The van der Waals surface area contributed by atoms with E-state index in [-0.39, 0.29) is 0 Å². The Kier molecular flexibility index (Phi) is 2.77. The fraction of sp³-hybridized carbons (Fsp3) is 0.500. The Morgan fingerprint density at radius 3 is 3.18 bits per heavy atom. The summed E-state index contributed by atoms with van der Waals surface area (Å²) in [6.45, 7) is 2.08. The summed E-state index contributed by atoms with van der Waals surface area (Å²) < 4.78 is 4.80. The molecule has 0 bridgehead atoms. The van der Waals surface area contributed by atoms with Gasteiger partial charge in [0.15, 0.2) is 5.01 Å². The summed E-state index contributed by atoms with van der Waals surface area (Å²) in [5, 5.41) is 17.3. The molecule has 90 valence electrons. The fourth-order valence-corrected chi connectivity index (χ4v) is 2.75. The van der Waals surface area contributed by atoms with Gasteiger partial charge in [0.2, 0.25) is 5.13 Å². The van der Waals surface area contributed by atoms with E-state index in [1.54, 1.807) is 12.3 Å². The van der Waals surface area contributed by atoms with Crippen molar-refractivity contribution in [1.82, 2.24) is 20.7 Å². The molecule has 0 aliphatic carbocycles. The van der Waals surface area contributed by atoms with Crippen LogP contribution in [0.3, 0.4) is 0 Å². The first kappa shape index (κ1) is 10.7. The van der Waals surface area contributed by atoms with Crippen LogP contribution in [-0.4, -0.2) is 41.5 Å². The minimum absolute atomic E-state index is 0.508. The molecule has 0 spiro atoms. The van der Waals surface area contributed by atoms with Crippen molar-refractivity contribution >= 4 is 16.5 Å². The minimum atomic E-state index is 0.508. The maximum atomic E-state index is 4.80. The first-order valence-corrected chi connectivity index (χ1v) is 6.34. The smallest absolute Gasteiger partial charge is 0.208 e. The van der Waals surface area contributed by atoms with Gasteiger partial charge in [-0.05, 0) is 13.0 Å². The molecule has 0 saturated carbocycles. The van der Waals surface area contributed by atoms with E-state index in [1.807, 2.05) is 0 Å². The van der Waals surface area contributed by atoms with Crippen LogP contribution in [-0.2, 0) is 0 Å². The Morgan fingerprint density at radius 2 is 2.47 bits per heavy atom. The monoisotopic (exact) mass is 251 g/mol. The van der Waals surface area contributed by atoms with Crippen molar-refractivity contribution in [3.05, 3.63) is 12.3 Å². The summed E-state index contributed by atoms with van der Waals surface area (Å²) in [6.07, 6.45) is 2.69. The molecule has 1 aliphatic heterocycles. The van der Waals surface area contributed by atoms with E-state index >= 15 is 0 Å². The van der Waals surface area contributed by atoms with E-state index in [0.29, 0.717) is 6.04 Å². The quantitative estimate of drug-likeness (QED) is 0.877. The number of hydrogen-bond donors (Lipinski definition) is 1. The van der Waals surface area contributed by atoms with Crippen LogP contribution in [0.25, 0.3) is 10.7 Å². The van der Waals surface area contributed by atoms with Gasteiger partial charge in [-0.15, -0.1) is 10.2 Å². The molecule has 0 aromatic carbocycles. The molecule has 0 radical (unpaired) electrons. The van der Waals surface area contributed by atoms with E-state index in [1.165, 1.54) is 11.3 Å². The van der Waals surface area contributed by atoms with Crippen LogP contribution in [0.1, 0.15) is 6.42 Å². The number of nitrogens with zero attached hydrogens (tertiary/aromatic N) is 4. The van der Waals surface area contributed by atoms with Gasteiger partial charge in [-0.25, -0.2) is 0 Å². The molecule has 3 rings (SSSR count). The van der Waals surface area contributed by atoms with Crippen molar-refractivity contribution in [2.45, 2.75) is 12.5 Å². The standard InChI is InChI=1S/C10H13N5OS/c1-15(7-2-4-11-6-7)10-13-12-9(17-10)8-3-5-16-14-8/h3,5,7,11H,2,4,6H2,1H3. The SMILES string of the molecule is CN(c1nnc(-c2ccon2)s1)C1CCNC1. The maximum absolute atomic E-state index is 4.80. The molecule has 3 heterocycles. The minimum Gasteiger partial charge on any atom is -0.364 e. The molecule has 0 amide bonds. The van der Waals surface area contributed by atoms with Gasteiger partial charge in [0, 0.05) is 25.7 Å². The Hall–Kier alpha value is -1.47. The lowest BCUT2D eigenvalue weighted by atomic mass is 10.2. The van der Waals surface area contributed by atoms with E-state index in [2.05, 4.69) is 32.6 Å². The Balaban J connectivity index is 1.80. The Labute approximate surface area is 103 Å². The van der Waals surface area contributed by atoms with Crippen LogP contribution in [0.4, 0.5) is 5.13 Å². The zero-order chi connectivity index (χ0) is 11.7. The van der Waals surface area contributed by atoms with Gasteiger partial charge in [0.05, 0.1) is 0 Å². The van der Waals surface area contributed by atoms with Crippen molar-refractivity contribution in [1.29, 1.82) is 0 Å². The summed E-state index contributed by atoms with van der Waals surface area (Å²) in [7, 11) is 2.06. The van der Waals surface area contributed by atoms with E-state index < -0.39 is 0 Å². The second kappa shape index (κ2) is 4.42. The summed E-state index contributed by atoms with van der Waals surface area (Å²) in [5.74, 6) is 0. The van der Waals surface area contributed by atoms with Crippen LogP contribution in [0.5, 0.6) is 0 Å². The highest BCUT2D eigenvalue weighted by Gasteiger charge is 2.22. The normalized spacial score (nSPS) is 19.7. The van der Waals surface area contributed by atoms with Gasteiger partial charge in [0.25, 0.3) is 0 Å². The van der Waals surface area contributed by atoms with Gasteiger partial charge in [-0.3, -0.25) is 0 Å².